The van der Waals surface area contributed by atoms with E-state index in [1.807, 2.05) is 0 Å². The maximum atomic E-state index is 10.9. The van der Waals surface area contributed by atoms with Gasteiger partial charge in [0.1, 0.15) is 0 Å². The van der Waals surface area contributed by atoms with Gasteiger partial charge in [-0.05, 0) is 25.9 Å². The van der Waals surface area contributed by atoms with Crippen molar-refractivity contribution in [3.63, 3.8) is 0 Å². The summed E-state index contributed by atoms with van der Waals surface area (Å²) in [5.41, 5.74) is 0. The summed E-state index contributed by atoms with van der Waals surface area (Å²) >= 11 is 0. The van der Waals surface area contributed by atoms with Gasteiger partial charge >= 0.3 is 0 Å². The lowest BCUT2D eigenvalue weighted by molar-refractivity contribution is 0.301. The molecule has 1 rings (SSSR count). The molecule has 4 nitrogen and oxygen atoms in total. The maximum absolute atomic E-state index is 10.9. The Balaban J connectivity index is 2.57. The first kappa shape index (κ1) is 10.2. The Kier molecular flexibility index (Phi) is 3.34. The molecule has 6 heteroatoms. The highest BCUT2D eigenvalue weighted by atomic mass is 35.7. The highest BCUT2D eigenvalue weighted by Gasteiger charge is 2.25. The average Bonchev–Trinajstić information content (AvgIpc) is 2.03. The number of hydrogen-bond donors (Lipinski definition) is 1. The van der Waals surface area contributed by atoms with E-state index in [1.54, 1.807) is 0 Å². The van der Waals surface area contributed by atoms with Crippen LogP contribution in [0.25, 0.3) is 0 Å². The highest BCUT2D eigenvalue weighted by molar-refractivity contribution is 8.11. The van der Waals surface area contributed by atoms with Gasteiger partial charge in [0.15, 0.2) is 0 Å². The number of hydrogen-bond acceptors (Lipinski definition) is 3. The number of nitrogens with one attached hydrogen (secondary N) is 1. The third-order valence-electron chi connectivity index (χ3n) is 2.17. The van der Waals surface area contributed by atoms with Crippen LogP contribution in [-0.4, -0.2) is 38.9 Å². The van der Waals surface area contributed by atoms with Gasteiger partial charge in [-0.2, -0.15) is 12.7 Å². The van der Waals surface area contributed by atoms with Crippen molar-refractivity contribution in [1.82, 2.24) is 9.62 Å². The van der Waals surface area contributed by atoms with Crippen LogP contribution in [0.4, 0.5) is 0 Å². The summed E-state index contributed by atoms with van der Waals surface area (Å²) in [6, 6.07) is 0.0637. The molecule has 1 aliphatic rings. The van der Waals surface area contributed by atoms with E-state index in [9.17, 15) is 8.42 Å². The zero-order valence-electron chi connectivity index (χ0n) is 6.96. The number of rotatable bonds is 2. The number of piperidine rings is 1. The molecule has 1 heterocycles. The molecule has 0 atom stereocenters. The van der Waals surface area contributed by atoms with Gasteiger partial charge in [-0.1, -0.05) is 0 Å². The third kappa shape index (κ3) is 2.58. The Hall–Kier alpha value is 0.160. The van der Waals surface area contributed by atoms with Crippen LogP contribution >= 0.6 is 10.7 Å². The first-order valence-electron chi connectivity index (χ1n) is 3.90. The molecule has 0 spiro atoms. The summed E-state index contributed by atoms with van der Waals surface area (Å²) in [4.78, 5) is 0. The van der Waals surface area contributed by atoms with Crippen LogP contribution in [0.1, 0.15) is 12.8 Å². The van der Waals surface area contributed by atoms with E-state index in [1.165, 1.54) is 11.4 Å². The fraction of sp³-hybridized carbons (Fsp3) is 1.00. The SMILES string of the molecule is CN(C1CCNCC1)S(=O)(=O)Cl. The van der Waals surface area contributed by atoms with Crippen LogP contribution in [0.3, 0.4) is 0 Å². The van der Waals surface area contributed by atoms with E-state index in [0.29, 0.717) is 0 Å². The molecule has 1 N–H and O–H groups in total. The molecule has 12 heavy (non-hydrogen) atoms. The van der Waals surface area contributed by atoms with Crippen molar-refractivity contribution in [2.24, 2.45) is 0 Å². The Morgan fingerprint density at radius 2 is 1.92 bits per heavy atom. The molecule has 72 valence electrons. The van der Waals surface area contributed by atoms with Gasteiger partial charge in [0.2, 0.25) is 0 Å². The van der Waals surface area contributed by atoms with Crippen molar-refractivity contribution in [2.45, 2.75) is 18.9 Å². The van der Waals surface area contributed by atoms with Gasteiger partial charge in [-0.25, -0.2) is 0 Å². The third-order valence-corrected chi connectivity index (χ3v) is 3.81. The van der Waals surface area contributed by atoms with E-state index in [-0.39, 0.29) is 6.04 Å². The number of nitrogens with zero attached hydrogens (tertiary/aromatic N) is 1. The topological polar surface area (TPSA) is 49.4 Å². The van der Waals surface area contributed by atoms with Crippen molar-refractivity contribution >= 4 is 19.9 Å². The lowest BCUT2D eigenvalue weighted by Gasteiger charge is -2.28. The Labute approximate surface area is 77.4 Å². The van der Waals surface area contributed by atoms with E-state index in [4.69, 9.17) is 10.7 Å². The molecule has 0 saturated carbocycles. The summed E-state index contributed by atoms with van der Waals surface area (Å²) in [5.74, 6) is 0. The molecule has 0 aromatic rings. The second kappa shape index (κ2) is 3.91. The quantitative estimate of drug-likeness (QED) is 0.664. The smallest absolute Gasteiger partial charge is 0.299 e. The first-order chi connectivity index (χ1) is 5.52. The molecular formula is C6H13ClN2O2S. The fourth-order valence-corrected chi connectivity index (χ4v) is 2.25. The van der Waals surface area contributed by atoms with Gasteiger partial charge in [0, 0.05) is 23.8 Å². The molecule has 0 amide bonds. The maximum Gasteiger partial charge on any atom is 0.299 e. The zero-order chi connectivity index (χ0) is 9.19. The van der Waals surface area contributed by atoms with Crippen molar-refractivity contribution < 1.29 is 8.42 Å². The lowest BCUT2D eigenvalue weighted by Crippen LogP contribution is -2.42. The second-order valence-corrected chi connectivity index (χ2v) is 5.51. The minimum atomic E-state index is -3.52. The van der Waals surface area contributed by atoms with Gasteiger partial charge in [-0.15, -0.1) is 0 Å². The molecule has 0 aliphatic carbocycles. The normalized spacial score (nSPS) is 21.6. The van der Waals surface area contributed by atoms with Crippen LogP contribution in [0.2, 0.25) is 0 Å². The molecule has 0 unspecified atom stereocenters. The predicted molar refractivity (Wildman–Crippen MR) is 48.4 cm³/mol. The van der Waals surface area contributed by atoms with Crippen LogP contribution in [-0.2, 0) is 9.24 Å². The first-order valence-corrected chi connectivity index (χ1v) is 6.17. The molecule has 0 bridgehead atoms. The molecular weight excluding hydrogens is 200 g/mol. The summed E-state index contributed by atoms with van der Waals surface area (Å²) in [6.07, 6.45) is 1.67. The molecule has 0 radical (unpaired) electrons. The molecule has 1 fully saturated rings. The molecule has 0 aromatic carbocycles. The van der Waals surface area contributed by atoms with E-state index < -0.39 is 9.24 Å². The van der Waals surface area contributed by atoms with Crippen molar-refractivity contribution in [3.8, 4) is 0 Å². The Morgan fingerprint density at radius 3 is 2.33 bits per heavy atom. The second-order valence-electron chi connectivity index (χ2n) is 2.94. The number of halogens is 1. The van der Waals surface area contributed by atoms with Crippen molar-refractivity contribution in [1.29, 1.82) is 0 Å². The minimum absolute atomic E-state index is 0.0637. The lowest BCUT2D eigenvalue weighted by atomic mass is 10.1. The summed E-state index contributed by atoms with van der Waals surface area (Å²) in [5, 5.41) is 3.16. The highest BCUT2D eigenvalue weighted by Crippen LogP contribution is 2.15. The zero-order valence-corrected chi connectivity index (χ0v) is 8.53. The largest absolute Gasteiger partial charge is 0.317 e. The standard InChI is InChI=1S/C6H13ClN2O2S/c1-9(12(7,10)11)6-2-4-8-5-3-6/h6,8H,2-5H2,1H3. The van der Waals surface area contributed by atoms with Gasteiger partial charge in [0.25, 0.3) is 9.24 Å². The van der Waals surface area contributed by atoms with Crippen LogP contribution < -0.4 is 5.32 Å². The van der Waals surface area contributed by atoms with Crippen LogP contribution in [0.5, 0.6) is 0 Å². The van der Waals surface area contributed by atoms with Crippen molar-refractivity contribution in [3.05, 3.63) is 0 Å². The van der Waals surface area contributed by atoms with Gasteiger partial charge in [-0.3, -0.25) is 0 Å². The van der Waals surface area contributed by atoms with E-state index >= 15 is 0 Å². The molecule has 1 saturated heterocycles. The molecule has 1 aliphatic heterocycles. The van der Waals surface area contributed by atoms with Crippen LogP contribution in [0, 0.1) is 0 Å². The van der Waals surface area contributed by atoms with Crippen molar-refractivity contribution in [2.75, 3.05) is 20.1 Å². The van der Waals surface area contributed by atoms with Crippen LogP contribution in [0.15, 0.2) is 0 Å². The fourth-order valence-electron chi connectivity index (χ4n) is 1.35. The molecule has 0 aromatic heterocycles. The monoisotopic (exact) mass is 212 g/mol. The van der Waals surface area contributed by atoms with E-state index in [2.05, 4.69) is 5.32 Å². The van der Waals surface area contributed by atoms with Gasteiger partial charge < -0.3 is 5.32 Å². The Morgan fingerprint density at radius 1 is 1.42 bits per heavy atom. The average molecular weight is 213 g/mol. The predicted octanol–water partition coefficient (Wildman–Crippen LogP) is 0.154. The summed E-state index contributed by atoms with van der Waals surface area (Å²) in [6.45, 7) is 1.73. The summed E-state index contributed by atoms with van der Waals surface area (Å²) < 4.78 is 23.0. The summed E-state index contributed by atoms with van der Waals surface area (Å²) in [7, 11) is 3.20. The minimum Gasteiger partial charge on any atom is -0.317 e. The van der Waals surface area contributed by atoms with E-state index in [0.717, 1.165) is 25.9 Å². The Bertz CT molecular complexity index is 236. The van der Waals surface area contributed by atoms with Gasteiger partial charge in [0.05, 0.1) is 0 Å².